The molecule has 2 heterocycles. The topological polar surface area (TPSA) is 64.1 Å². The molecule has 0 radical (unpaired) electrons. The summed E-state index contributed by atoms with van der Waals surface area (Å²) in [5.41, 5.74) is 2.30. The Balaban J connectivity index is 1.70. The summed E-state index contributed by atoms with van der Waals surface area (Å²) >= 11 is 1.39. The van der Waals surface area contributed by atoms with Crippen LogP contribution in [0.4, 0.5) is 5.13 Å². The first-order valence-electron chi connectivity index (χ1n) is 7.56. The molecule has 0 saturated heterocycles. The number of nitrogens with one attached hydrogen (secondary N) is 1. The third-order valence-electron chi connectivity index (χ3n) is 3.17. The highest BCUT2D eigenvalue weighted by atomic mass is 32.1. The summed E-state index contributed by atoms with van der Waals surface area (Å²) in [6.45, 7) is 3.98. The first-order chi connectivity index (χ1) is 11.6. The lowest BCUT2D eigenvalue weighted by Gasteiger charge is -2.09. The highest BCUT2D eigenvalue weighted by Gasteiger charge is 2.10. The zero-order valence-electron chi connectivity index (χ0n) is 13.4. The van der Waals surface area contributed by atoms with Crippen molar-refractivity contribution in [1.29, 1.82) is 0 Å². The summed E-state index contributed by atoms with van der Waals surface area (Å²) in [6, 6.07) is 11.2. The monoisotopic (exact) mass is 339 g/mol. The Labute approximate surface area is 144 Å². The maximum absolute atomic E-state index is 12.1. The van der Waals surface area contributed by atoms with Gasteiger partial charge in [-0.3, -0.25) is 15.1 Å². The van der Waals surface area contributed by atoms with Crippen LogP contribution in [0.3, 0.4) is 0 Å². The largest absolute Gasteiger partial charge is 0.491 e. The number of carbonyl (C=O) groups excluding carboxylic acids is 1. The van der Waals surface area contributed by atoms with Gasteiger partial charge in [0.15, 0.2) is 5.13 Å². The standard InChI is InChI=1S/C18H17N3O2S/c1-12(2)23-15-7-5-13(6-8-15)16-11-24-18(20-16)21-17(22)14-4-3-9-19-10-14/h3-12H,1-2H3,(H,20,21,22). The van der Waals surface area contributed by atoms with Gasteiger partial charge in [0.2, 0.25) is 0 Å². The fourth-order valence-corrected chi connectivity index (χ4v) is 2.82. The van der Waals surface area contributed by atoms with Gasteiger partial charge in [-0.15, -0.1) is 11.3 Å². The quantitative estimate of drug-likeness (QED) is 0.755. The summed E-state index contributed by atoms with van der Waals surface area (Å²) in [4.78, 5) is 20.5. The Morgan fingerprint density at radius 1 is 1.21 bits per heavy atom. The number of hydrogen-bond donors (Lipinski definition) is 1. The highest BCUT2D eigenvalue weighted by Crippen LogP contribution is 2.27. The SMILES string of the molecule is CC(C)Oc1ccc(-c2csc(NC(=O)c3cccnc3)n2)cc1. The van der Waals surface area contributed by atoms with Gasteiger partial charge < -0.3 is 4.74 Å². The van der Waals surface area contributed by atoms with E-state index in [0.29, 0.717) is 10.7 Å². The lowest BCUT2D eigenvalue weighted by Crippen LogP contribution is -2.11. The van der Waals surface area contributed by atoms with Gasteiger partial charge in [0, 0.05) is 23.3 Å². The molecule has 0 unspecified atom stereocenters. The Hall–Kier alpha value is -2.73. The number of hydrogen-bond acceptors (Lipinski definition) is 5. The van der Waals surface area contributed by atoms with Crippen LogP contribution in [0.2, 0.25) is 0 Å². The maximum Gasteiger partial charge on any atom is 0.259 e. The number of benzene rings is 1. The van der Waals surface area contributed by atoms with Crippen molar-refractivity contribution in [3.05, 3.63) is 59.7 Å². The lowest BCUT2D eigenvalue weighted by atomic mass is 10.2. The van der Waals surface area contributed by atoms with Crippen molar-refractivity contribution in [1.82, 2.24) is 9.97 Å². The summed E-state index contributed by atoms with van der Waals surface area (Å²) in [5.74, 6) is 0.610. The van der Waals surface area contributed by atoms with Crippen LogP contribution >= 0.6 is 11.3 Å². The number of pyridine rings is 1. The smallest absolute Gasteiger partial charge is 0.259 e. The van der Waals surface area contributed by atoms with E-state index in [-0.39, 0.29) is 12.0 Å². The molecule has 0 spiro atoms. The number of thiazole rings is 1. The molecule has 0 atom stereocenters. The van der Waals surface area contributed by atoms with Gasteiger partial charge >= 0.3 is 0 Å². The van der Waals surface area contributed by atoms with Gasteiger partial charge in [0.05, 0.1) is 17.4 Å². The molecule has 1 N–H and O–H groups in total. The van der Waals surface area contributed by atoms with E-state index in [1.165, 1.54) is 17.5 Å². The minimum absolute atomic E-state index is 0.143. The molecule has 24 heavy (non-hydrogen) atoms. The zero-order chi connectivity index (χ0) is 16.9. The second-order valence-electron chi connectivity index (χ2n) is 5.42. The molecule has 0 aliphatic rings. The molecule has 2 aromatic heterocycles. The minimum atomic E-state index is -0.218. The van der Waals surface area contributed by atoms with Gasteiger partial charge in [-0.2, -0.15) is 0 Å². The maximum atomic E-state index is 12.1. The van der Waals surface area contributed by atoms with Crippen molar-refractivity contribution in [2.45, 2.75) is 20.0 Å². The van der Waals surface area contributed by atoms with Gasteiger partial charge in [0.25, 0.3) is 5.91 Å². The van der Waals surface area contributed by atoms with E-state index in [1.54, 1.807) is 18.3 Å². The average Bonchev–Trinajstić information content (AvgIpc) is 3.04. The molecule has 3 aromatic rings. The van der Waals surface area contributed by atoms with E-state index in [4.69, 9.17) is 4.74 Å². The summed E-state index contributed by atoms with van der Waals surface area (Å²) in [5, 5.41) is 5.26. The number of rotatable bonds is 5. The molecule has 1 aromatic carbocycles. The van der Waals surface area contributed by atoms with Crippen LogP contribution < -0.4 is 10.1 Å². The molecule has 0 aliphatic carbocycles. The number of carbonyl (C=O) groups is 1. The zero-order valence-corrected chi connectivity index (χ0v) is 14.2. The summed E-state index contributed by atoms with van der Waals surface area (Å²) < 4.78 is 5.63. The first-order valence-corrected chi connectivity index (χ1v) is 8.44. The van der Waals surface area contributed by atoms with Gasteiger partial charge in [-0.1, -0.05) is 0 Å². The molecule has 5 nitrogen and oxygen atoms in total. The summed E-state index contributed by atoms with van der Waals surface area (Å²) in [6.07, 6.45) is 3.30. The second-order valence-corrected chi connectivity index (χ2v) is 6.28. The van der Waals surface area contributed by atoms with Gasteiger partial charge in [0.1, 0.15) is 5.75 Å². The lowest BCUT2D eigenvalue weighted by molar-refractivity contribution is 0.102. The van der Waals surface area contributed by atoms with Crippen molar-refractivity contribution in [3.63, 3.8) is 0 Å². The Bertz CT molecular complexity index is 814. The van der Waals surface area contributed by atoms with Crippen molar-refractivity contribution < 1.29 is 9.53 Å². The normalized spacial score (nSPS) is 10.6. The van der Waals surface area contributed by atoms with Gasteiger partial charge in [-0.25, -0.2) is 4.98 Å². The van der Waals surface area contributed by atoms with Crippen LogP contribution in [0.1, 0.15) is 24.2 Å². The van der Waals surface area contributed by atoms with Crippen LogP contribution in [-0.2, 0) is 0 Å². The van der Waals surface area contributed by atoms with Crippen molar-refractivity contribution in [3.8, 4) is 17.0 Å². The fourth-order valence-electron chi connectivity index (χ4n) is 2.11. The van der Waals surface area contributed by atoms with E-state index in [2.05, 4.69) is 15.3 Å². The molecule has 0 aliphatic heterocycles. The number of ether oxygens (including phenoxy) is 1. The molecular weight excluding hydrogens is 322 g/mol. The molecule has 3 rings (SSSR count). The predicted molar refractivity (Wildman–Crippen MR) is 95.5 cm³/mol. The van der Waals surface area contributed by atoms with Gasteiger partial charge in [-0.05, 0) is 50.2 Å². The molecule has 0 saturated carbocycles. The van der Waals surface area contributed by atoms with Crippen molar-refractivity contribution >= 4 is 22.4 Å². The van der Waals surface area contributed by atoms with Crippen LogP contribution in [-0.4, -0.2) is 22.0 Å². The highest BCUT2D eigenvalue weighted by molar-refractivity contribution is 7.14. The van der Waals surface area contributed by atoms with E-state index < -0.39 is 0 Å². The third kappa shape index (κ3) is 3.97. The molecular formula is C18H17N3O2S. The Kier molecular flexibility index (Phi) is 4.86. The first kappa shape index (κ1) is 16.1. The van der Waals surface area contributed by atoms with Crippen molar-refractivity contribution in [2.24, 2.45) is 0 Å². The second kappa shape index (κ2) is 7.23. The number of aromatic nitrogens is 2. The minimum Gasteiger partial charge on any atom is -0.491 e. The molecule has 6 heteroatoms. The van der Waals surface area contributed by atoms with E-state index in [1.807, 2.05) is 43.5 Å². The van der Waals surface area contributed by atoms with E-state index in [9.17, 15) is 4.79 Å². The van der Waals surface area contributed by atoms with Crippen LogP contribution in [0, 0.1) is 0 Å². The third-order valence-corrected chi connectivity index (χ3v) is 3.93. The number of anilines is 1. The average molecular weight is 339 g/mol. The molecule has 0 fully saturated rings. The van der Waals surface area contributed by atoms with E-state index in [0.717, 1.165) is 17.0 Å². The Morgan fingerprint density at radius 2 is 2.00 bits per heavy atom. The molecule has 1 amide bonds. The molecule has 0 bridgehead atoms. The van der Waals surface area contributed by atoms with Crippen LogP contribution in [0.5, 0.6) is 5.75 Å². The fraction of sp³-hybridized carbons (Fsp3) is 0.167. The van der Waals surface area contributed by atoms with Crippen molar-refractivity contribution in [2.75, 3.05) is 5.32 Å². The number of amides is 1. The predicted octanol–water partition coefficient (Wildman–Crippen LogP) is 4.24. The van der Waals surface area contributed by atoms with E-state index >= 15 is 0 Å². The number of nitrogens with zero attached hydrogens (tertiary/aromatic N) is 2. The van der Waals surface area contributed by atoms with Crippen LogP contribution in [0.25, 0.3) is 11.3 Å². The van der Waals surface area contributed by atoms with Crippen LogP contribution in [0.15, 0.2) is 54.2 Å². The summed E-state index contributed by atoms with van der Waals surface area (Å²) in [7, 11) is 0. The Morgan fingerprint density at radius 3 is 2.67 bits per heavy atom. The molecule has 122 valence electrons.